The van der Waals surface area contributed by atoms with Gasteiger partial charge in [0.25, 0.3) is 10.0 Å². The molecule has 4 aromatic rings. The molecular formula is C19H20N6O4S. The summed E-state index contributed by atoms with van der Waals surface area (Å²) in [6, 6.07) is 10.4. The molecule has 0 aliphatic heterocycles. The molecule has 1 N–H and O–H groups in total. The van der Waals surface area contributed by atoms with Gasteiger partial charge < -0.3 is 9.47 Å². The molecule has 0 bridgehead atoms. The predicted octanol–water partition coefficient (Wildman–Crippen LogP) is 2.10. The Balaban J connectivity index is 1.73. The highest BCUT2D eigenvalue weighted by atomic mass is 32.2. The van der Waals surface area contributed by atoms with Crippen molar-refractivity contribution in [3.63, 3.8) is 0 Å². The third-order valence-electron chi connectivity index (χ3n) is 4.53. The van der Waals surface area contributed by atoms with E-state index in [0.717, 1.165) is 11.3 Å². The number of rotatable bonds is 7. The molecule has 0 saturated heterocycles. The van der Waals surface area contributed by atoms with Crippen molar-refractivity contribution in [3.05, 3.63) is 60.0 Å². The molecule has 0 atom stereocenters. The summed E-state index contributed by atoms with van der Waals surface area (Å²) in [6.45, 7) is 2.42. The first-order valence-corrected chi connectivity index (χ1v) is 10.5. The van der Waals surface area contributed by atoms with E-state index < -0.39 is 10.0 Å². The van der Waals surface area contributed by atoms with Crippen LogP contribution in [0.5, 0.6) is 11.5 Å². The first-order chi connectivity index (χ1) is 14.4. The van der Waals surface area contributed by atoms with Crippen molar-refractivity contribution in [1.29, 1.82) is 0 Å². The first-order valence-electron chi connectivity index (χ1n) is 8.99. The standard InChI is InChI=1S/C19H20N6O4S/c1-13-10-14(12-24-9-5-8-20-24)11-17-21-22-19(25(13)17)23-30(26,27)18-15(28-2)6-4-7-16(18)29-3/h4-11H,12H2,1-3H3,(H,22,23). The highest BCUT2D eigenvalue weighted by Gasteiger charge is 2.27. The molecule has 0 unspecified atom stereocenters. The van der Waals surface area contributed by atoms with Crippen LogP contribution in [0.1, 0.15) is 11.3 Å². The number of aryl methyl sites for hydroxylation is 1. The van der Waals surface area contributed by atoms with Crippen LogP contribution in [0.15, 0.2) is 53.7 Å². The van der Waals surface area contributed by atoms with Crippen molar-refractivity contribution >= 4 is 21.6 Å². The Bertz CT molecular complexity index is 1280. The van der Waals surface area contributed by atoms with Crippen LogP contribution in [0, 0.1) is 6.92 Å². The zero-order valence-electron chi connectivity index (χ0n) is 16.6. The van der Waals surface area contributed by atoms with Crippen LogP contribution in [0.2, 0.25) is 0 Å². The number of hydrogen-bond acceptors (Lipinski definition) is 7. The summed E-state index contributed by atoms with van der Waals surface area (Å²) in [5, 5.41) is 12.4. The van der Waals surface area contributed by atoms with E-state index in [1.807, 2.05) is 31.3 Å². The van der Waals surface area contributed by atoms with Gasteiger partial charge in [-0.2, -0.15) is 5.10 Å². The molecule has 30 heavy (non-hydrogen) atoms. The van der Waals surface area contributed by atoms with Gasteiger partial charge in [-0.1, -0.05) is 6.07 Å². The number of sulfonamides is 1. The van der Waals surface area contributed by atoms with E-state index in [9.17, 15) is 8.42 Å². The van der Waals surface area contributed by atoms with Crippen molar-refractivity contribution in [3.8, 4) is 11.5 Å². The van der Waals surface area contributed by atoms with Crippen molar-refractivity contribution < 1.29 is 17.9 Å². The zero-order valence-corrected chi connectivity index (χ0v) is 17.4. The highest BCUT2D eigenvalue weighted by molar-refractivity contribution is 7.93. The minimum atomic E-state index is -4.07. The second-order valence-electron chi connectivity index (χ2n) is 6.52. The lowest BCUT2D eigenvalue weighted by molar-refractivity contribution is 0.373. The highest BCUT2D eigenvalue weighted by Crippen LogP contribution is 2.34. The van der Waals surface area contributed by atoms with Gasteiger partial charge in [0.1, 0.15) is 11.5 Å². The lowest BCUT2D eigenvalue weighted by Gasteiger charge is -2.14. The Morgan fingerprint density at radius 1 is 1.07 bits per heavy atom. The van der Waals surface area contributed by atoms with Crippen LogP contribution in [0.3, 0.4) is 0 Å². The largest absolute Gasteiger partial charge is 0.495 e. The molecule has 0 spiro atoms. The molecule has 4 rings (SSSR count). The van der Waals surface area contributed by atoms with Crippen molar-refractivity contribution in [2.24, 2.45) is 0 Å². The quantitative estimate of drug-likeness (QED) is 0.480. The number of fused-ring (bicyclic) bond motifs is 1. The van der Waals surface area contributed by atoms with Crippen molar-refractivity contribution in [1.82, 2.24) is 24.4 Å². The molecule has 0 radical (unpaired) electrons. The van der Waals surface area contributed by atoms with E-state index >= 15 is 0 Å². The summed E-state index contributed by atoms with van der Waals surface area (Å²) in [5.74, 6) is 0.393. The Morgan fingerprint density at radius 2 is 1.80 bits per heavy atom. The topological polar surface area (TPSA) is 113 Å². The van der Waals surface area contributed by atoms with Gasteiger partial charge in [-0.25, -0.2) is 13.1 Å². The van der Waals surface area contributed by atoms with E-state index in [1.54, 1.807) is 33.5 Å². The first kappa shape index (κ1) is 19.7. The fourth-order valence-electron chi connectivity index (χ4n) is 3.27. The molecule has 10 nitrogen and oxygen atoms in total. The normalized spacial score (nSPS) is 11.6. The maximum absolute atomic E-state index is 13.1. The van der Waals surface area contributed by atoms with Gasteiger partial charge >= 0.3 is 0 Å². The molecule has 3 aromatic heterocycles. The molecule has 156 valence electrons. The number of aromatic nitrogens is 5. The molecule has 3 heterocycles. The van der Waals surface area contributed by atoms with E-state index in [4.69, 9.17) is 9.47 Å². The summed E-state index contributed by atoms with van der Waals surface area (Å²) < 4.78 is 42.6. The van der Waals surface area contributed by atoms with Crippen molar-refractivity contribution in [2.45, 2.75) is 18.4 Å². The minimum Gasteiger partial charge on any atom is -0.495 e. The average Bonchev–Trinajstić information content (AvgIpc) is 3.37. The maximum Gasteiger partial charge on any atom is 0.271 e. The van der Waals surface area contributed by atoms with Gasteiger partial charge in [-0.15, -0.1) is 10.2 Å². The van der Waals surface area contributed by atoms with E-state index in [2.05, 4.69) is 20.0 Å². The Hall–Kier alpha value is -3.60. The summed E-state index contributed by atoms with van der Waals surface area (Å²) in [5.41, 5.74) is 2.25. The molecule has 0 amide bonds. The Labute approximate surface area is 173 Å². The van der Waals surface area contributed by atoms with Crippen molar-refractivity contribution in [2.75, 3.05) is 18.9 Å². The lowest BCUT2D eigenvalue weighted by atomic mass is 10.2. The maximum atomic E-state index is 13.1. The molecule has 11 heteroatoms. The van der Waals surface area contributed by atoms with E-state index in [-0.39, 0.29) is 22.3 Å². The van der Waals surface area contributed by atoms with Gasteiger partial charge in [0, 0.05) is 18.1 Å². The summed E-state index contributed by atoms with van der Waals surface area (Å²) in [7, 11) is -1.28. The monoisotopic (exact) mass is 428 g/mol. The number of pyridine rings is 1. The Morgan fingerprint density at radius 3 is 2.43 bits per heavy atom. The molecule has 0 aliphatic rings. The lowest BCUT2D eigenvalue weighted by Crippen LogP contribution is -2.17. The number of nitrogens with one attached hydrogen (secondary N) is 1. The van der Waals surface area contributed by atoms with Crippen LogP contribution in [0.4, 0.5) is 5.95 Å². The average molecular weight is 428 g/mol. The Kier molecular flexibility index (Phi) is 5.04. The van der Waals surface area contributed by atoms with Crippen LogP contribution < -0.4 is 14.2 Å². The number of methoxy groups -OCH3 is 2. The number of anilines is 1. The second kappa shape index (κ2) is 7.67. The fraction of sp³-hybridized carbons (Fsp3) is 0.211. The molecule has 0 aliphatic carbocycles. The van der Waals surface area contributed by atoms with Gasteiger partial charge in [-0.3, -0.25) is 9.08 Å². The van der Waals surface area contributed by atoms with Gasteiger partial charge in [0.2, 0.25) is 5.95 Å². The summed E-state index contributed by atoms with van der Waals surface area (Å²) in [4.78, 5) is -0.111. The summed E-state index contributed by atoms with van der Waals surface area (Å²) >= 11 is 0. The van der Waals surface area contributed by atoms with E-state index in [1.165, 1.54) is 14.2 Å². The van der Waals surface area contributed by atoms with Crippen LogP contribution in [-0.2, 0) is 16.6 Å². The fourth-order valence-corrected chi connectivity index (χ4v) is 4.58. The molecule has 0 fully saturated rings. The van der Waals surface area contributed by atoms with E-state index in [0.29, 0.717) is 12.2 Å². The van der Waals surface area contributed by atoms with Crippen LogP contribution >= 0.6 is 0 Å². The minimum absolute atomic E-state index is 0.0705. The molecule has 1 aromatic carbocycles. The molecule has 0 saturated carbocycles. The number of hydrogen-bond donors (Lipinski definition) is 1. The smallest absolute Gasteiger partial charge is 0.271 e. The zero-order chi connectivity index (χ0) is 21.3. The number of ether oxygens (including phenoxy) is 2. The molecular weight excluding hydrogens is 408 g/mol. The van der Waals surface area contributed by atoms with Gasteiger partial charge in [-0.05, 0) is 42.8 Å². The number of benzene rings is 1. The predicted molar refractivity (Wildman–Crippen MR) is 109 cm³/mol. The number of nitrogens with zero attached hydrogens (tertiary/aromatic N) is 5. The van der Waals surface area contributed by atoms with Gasteiger partial charge in [0.15, 0.2) is 10.5 Å². The second-order valence-corrected chi connectivity index (χ2v) is 8.14. The third-order valence-corrected chi connectivity index (χ3v) is 5.92. The third kappa shape index (κ3) is 3.54. The summed E-state index contributed by atoms with van der Waals surface area (Å²) in [6.07, 6.45) is 3.57. The SMILES string of the molecule is COc1cccc(OC)c1S(=O)(=O)Nc1nnc2cc(Cn3cccn3)cc(C)n12. The van der Waals surface area contributed by atoms with Gasteiger partial charge in [0.05, 0.1) is 20.8 Å². The van der Waals surface area contributed by atoms with Crippen LogP contribution in [0.25, 0.3) is 5.65 Å². The van der Waals surface area contributed by atoms with Crippen LogP contribution in [-0.4, -0.2) is 47.0 Å².